The molecule has 0 aliphatic carbocycles. The van der Waals surface area contributed by atoms with Gasteiger partial charge in [0.1, 0.15) is 5.82 Å². The van der Waals surface area contributed by atoms with Crippen LogP contribution in [0.3, 0.4) is 0 Å². The second kappa shape index (κ2) is 5.99. The minimum absolute atomic E-state index is 0.158. The maximum Gasteiger partial charge on any atom is 0.123 e. The summed E-state index contributed by atoms with van der Waals surface area (Å²) in [5.74, 6) is 0.377. The third-order valence-electron chi connectivity index (χ3n) is 4.78. The lowest BCUT2D eigenvalue weighted by Crippen LogP contribution is -2.33. The van der Waals surface area contributed by atoms with Crippen LogP contribution in [0.2, 0.25) is 0 Å². The molecular formula is C19H23FN2. The fraction of sp³-hybridized carbons (Fsp3) is 0.368. The van der Waals surface area contributed by atoms with Crippen LogP contribution in [-0.2, 0) is 0 Å². The fourth-order valence-corrected chi connectivity index (χ4v) is 3.34. The highest BCUT2D eigenvalue weighted by atomic mass is 19.1. The van der Waals surface area contributed by atoms with E-state index >= 15 is 0 Å². The maximum atomic E-state index is 13.0. The number of benzene rings is 2. The van der Waals surface area contributed by atoms with E-state index in [-0.39, 0.29) is 5.82 Å². The van der Waals surface area contributed by atoms with Crippen molar-refractivity contribution in [1.29, 1.82) is 0 Å². The molecule has 0 unspecified atom stereocenters. The van der Waals surface area contributed by atoms with Gasteiger partial charge in [-0.25, -0.2) is 4.39 Å². The van der Waals surface area contributed by atoms with E-state index in [2.05, 4.69) is 30.9 Å². The third kappa shape index (κ3) is 2.94. The molecule has 2 nitrogen and oxygen atoms in total. The van der Waals surface area contributed by atoms with Gasteiger partial charge >= 0.3 is 0 Å². The molecule has 0 atom stereocenters. The second-order valence-corrected chi connectivity index (χ2v) is 6.31. The van der Waals surface area contributed by atoms with Crippen molar-refractivity contribution in [2.75, 3.05) is 23.7 Å². The Bertz CT molecular complexity index is 633. The third-order valence-corrected chi connectivity index (χ3v) is 4.78. The Kier molecular flexibility index (Phi) is 4.06. The maximum absolute atomic E-state index is 13.0. The van der Waals surface area contributed by atoms with Crippen molar-refractivity contribution in [2.24, 2.45) is 0 Å². The van der Waals surface area contributed by atoms with Crippen molar-refractivity contribution in [3.8, 4) is 0 Å². The molecule has 1 fully saturated rings. The first kappa shape index (κ1) is 14.9. The number of hydrogen-bond donors (Lipinski definition) is 1. The standard InChI is InChI=1S/C19H23FN2/c1-13-11-18(12-14(2)19(13)21)22-9-7-16(8-10-22)15-3-5-17(20)6-4-15/h3-6,11-12,16H,7-10,21H2,1-2H3. The Morgan fingerprint density at radius 3 is 2.09 bits per heavy atom. The molecule has 3 heteroatoms. The van der Waals surface area contributed by atoms with Gasteiger partial charge in [-0.2, -0.15) is 0 Å². The van der Waals surface area contributed by atoms with Crippen LogP contribution in [-0.4, -0.2) is 13.1 Å². The lowest BCUT2D eigenvalue weighted by molar-refractivity contribution is 0.504. The van der Waals surface area contributed by atoms with E-state index in [9.17, 15) is 4.39 Å². The van der Waals surface area contributed by atoms with Crippen LogP contribution < -0.4 is 10.6 Å². The van der Waals surface area contributed by atoms with Gasteiger partial charge in [0.15, 0.2) is 0 Å². The minimum atomic E-state index is -0.158. The van der Waals surface area contributed by atoms with Gasteiger partial charge in [0.25, 0.3) is 0 Å². The van der Waals surface area contributed by atoms with Gasteiger partial charge in [-0.15, -0.1) is 0 Å². The summed E-state index contributed by atoms with van der Waals surface area (Å²) < 4.78 is 13.0. The SMILES string of the molecule is Cc1cc(N2CCC(c3ccc(F)cc3)CC2)cc(C)c1N. The van der Waals surface area contributed by atoms with Crippen LogP contribution in [0.5, 0.6) is 0 Å². The first-order valence-electron chi connectivity index (χ1n) is 7.91. The molecule has 1 aliphatic rings. The summed E-state index contributed by atoms with van der Waals surface area (Å²) in [6, 6.07) is 11.3. The van der Waals surface area contributed by atoms with E-state index in [4.69, 9.17) is 5.73 Å². The van der Waals surface area contributed by atoms with Crippen LogP contribution in [0.1, 0.15) is 35.4 Å². The molecule has 0 spiro atoms. The van der Waals surface area contributed by atoms with Crippen LogP contribution in [0, 0.1) is 19.7 Å². The summed E-state index contributed by atoms with van der Waals surface area (Å²) in [6.07, 6.45) is 2.21. The molecule has 3 rings (SSSR count). The average molecular weight is 298 g/mol. The fourth-order valence-electron chi connectivity index (χ4n) is 3.34. The first-order chi connectivity index (χ1) is 10.5. The van der Waals surface area contributed by atoms with Gasteiger partial charge in [-0.05, 0) is 73.6 Å². The number of anilines is 2. The molecule has 22 heavy (non-hydrogen) atoms. The average Bonchev–Trinajstić information content (AvgIpc) is 2.53. The summed E-state index contributed by atoms with van der Waals surface area (Å²) >= 11 is 0. The Labute approximate surface area is 131 Å². The molecule has 0 bridgehead atoms. The Hall–Kier alpha value is -2.03. The second-order valence-electron chi connectivity index (χ2n) is 6.31. The van der Waals surface area contributed by atoms with Crippen molar-refractivity contribution in [1.82, 2.24) is 0 Å². The molecule has 1 heterocycles. The van der Waals surface area contributed by atoms with E-state index in [0.717, 1.165) is 42.7 Å². The Balaban J connectivity index is 1.70. The zero-order valence-corrected chi connectivity index (χ0v) is 13.3. The molecule has 2 aromatic rings. The number of aryl methyl sites for hydroxylation is 2. The molecule has 1 saturated heterocycles. The number of hydrogen-bond acceptors (Lipinski definition) is 2. The van der Waals surface area contributed by atoms with Crippen LogP contribution in [0.15, 0.2) is 36.4 Å². The molecule has 1 aliphatic heterocycles. The van der Waals surface area contributed by atoms with Crippen molar-refractivity contribution in [3.05, 3.63) is 58.9 Å². The summed E-state index contributed by atoms with van der Waals surface area (Å²) in [5.41, 5.74) is 11.8. The molecule has 0 radical (unpaired) electrons. The van der Waals surface area contributed by atoms with Gasteiger partial charge in [-0.1, -0.05) is 12.1 Å². The zero-order valence-electron chi connectivity index (χ0n) is 13.3. The number of nitrogens with two attached hydrogens (primary N) is 1. The number of rotatable bonds is 2. The molecule has 0 saturated carbocycles. The van der Waals surface area contributed by atoms with E-state index < -0.39 is 0 Å². The monoisotopic (exact) mass is 298 g/mol. The van der Waals surface area contributed by atoms with Crippen molar-refractivity contribution in [3.63, 3.8) is 0 Å². The van der Waals surface area contributed by atoms with Crippen molar-refractivity contribution < 1.29 is 4.39 Å². The van der Waals surface area contributed by atoms with Crippen LogP contribution in [0.25, 0.3) is 0 Å². The first-order valence-corrected chi connectivity index (χ1v) is 7.91. The summed E-state index contributed by atoms with van der Waals surface area (Å²) in [5, 5.41) is 0. The predicted octanol–water partition coefficient (Wildman–Crippen LogP) is 4.41. The number of halogens is 1. The van der Waals surface area contributed by atoms with Gasteiger partial charge < -0.3 is 10.6 Å². The predicted molar refractivity (Wildman–Crippen MR) is 90.9 cm³/mol. The topological polar surface area (TPSA) is 29.3 Å². The zero-order chi connectivity index (χ0) is 15.7. The molecule has 2 N–H and O–H groups in total. The molecule has 116 valence electrons. The minimum Gasteiger partial charge on any atom is -0.398 e. The Morgan fingerprint density at radius 1 is 1.00 bits per heavy atom. The molecule has 0 aromatic heterocycles. The number of piperidine rings is 1. The highest BCUT2D eigenvalue weighted by Gasteiger charge is 2.21. The normalized spacial score (nSPS) is 16.0. The van der Waals surface area contributed by atoms with Crippen molar-refractivity contribution >= 4 is 11.4 Å². The smallest absolute Gasteiger partial charge is 0.123 e. The summed E-state index contributed by atoms with van der Waals surface area (Å²) in [6.45, 7) is 6.20. The quantitative estimate of drug-likeness (QED) is 0.832. The number of nitrogens with zero attached hydrogens (tertiary/aromatic N) is 1. The molecule has 2 aromatic carbocycles. The molecule has 0 amide bonds. The van der Waals surface area contributed by atoms with E-state index in [1.807, 2.05) is 12.1 Å². The highest BCUT2D eigenvalue weighted by molar-refractivity contribution is 5.63. The lowest BCUT2D eigenvalue weighted by atomic mass is 9.89. The van der Waals surface area contributed by atoms with Gasteiger partial charge in [0.05, 0.1) is 0 Å². The number of nitrogen functional groups attached to an aromatic ring is 1. The van der Waals surface area contributed by atoms with Crippen LogP contribution in [0.4, 0.5) is 15.8 Å². The van der Waals surface area contributed by atoms with Gasteiger partial charge in [-0.3, -0.25) is 0 Å². The summed E-state index contributed by atoms with van der Waals surface area (Å²) in [7, 11) is 0. The molecular weight excluding hydrogens is 275 g/mol. The lowest BCUT2D eigenvalue weighted by Gasteiger charge is -2.34. The highest BCUT2D eigenvalue weighted by Crippen LogP contribution is 2.32. The largest absolute Gasteiger partial charge is 0.398 e. The van der Waals surface area contributed by atoms with Crippen LogP contribution >= 0.6 is 0 Å². The van der Waals surface area contributed by atoms with E-state index in [1.54, 1.807) is 12.1 Å². The van der Waals surface area contributed by atoms with E-state index in [0.29, 0.717) is 5.92 Å². The Morgan fingerprint density at radius 2 is 1.55 bits per heavy atom. The van der Waals surface area contributed by atoms with E-state index in [1.165, 1.54) is 11.3 Å². The van der Waals surface area contributed by atoms with Gasteiger partial charge in [0.2, 0.25) is 0 Å². The van der Waals surface area contributed by atoms with Gasteiger partial charge in [0, 0.05) is 24.5 Å². The van der Waals surface area contributed by atoms with Crippen molar-refractivity contribution in [2.45, 2.75) is 32.6 Å². The summed E-state index contributed by atoms with van der Waals surface area (Å²) in [4.78, 5) is 2.43.